The number of fused-ring (bicyclic) bond motifs is 1. The Labute approximate surface area is 186 Å². The summed E-state index contributed by atoms with van der Waals surface area (Å²) in [5.41, 5.74) is 3.26. The third-order valence-corrected chi connectivity index (χ3v) is 8.95. The molecule has 0 aromatic rings. The van der Waals surface area contributed by atoms with Crippen LogP contribution in [0.15, 0.2) is 23.4 Å². The van der Waals surface area contributed by atoms with Crippen molar-refractivity contribution in [2.24, 2.45) is 11.8 Å². The average molecular weight is 497 g/mol. The summed E-state index contributed by atoms with van der Waals surface area (Å²) in [6.07, 6.45) is 26.3. The SMILES string of the molecule is IC1CCC(NC2=CC(C3CCCCCCC3)=CC3NCCCCCC23)CC1. The maximum atomic E-state index is 4.10. The lowest BCUT2D eigenvalue weighted by Crippen LogP contribution is -2.45. The largest absolute Gasteiger partial charge is 0.385 e. The molecule has 2 nitrogen and oxygen atoms in total. The van der Waals surface area contributed by atoms with Gasteiger partial charge in [0.1, 0.15) is 0 Å². The van der Waals surface area contributed by atoms with Gasteiger partial charge in [-0.25, -0.2) is 0 Å². The molecular weight excluding hydrogens is 455 g/mol. The quantitative estimate of drug-likeness (QED) is 0.338. The van der Waals surface area contributed by atoms with Gasteiger partial charge in [0.15, 0.2) is 0 Å². The monoisotopic (exact) mass is 496 g/mol. The Hall–Kier alpha value is -0.0300. The standard InChI is InChI=1S/C25H41IN2/c26-21-12-14-22(15-13-21)28-25-18-20(19-9-5-2-1-3-6-10-19)17-24-23(25)11-7-4-8-16-27-24/h17-19,21-24,27-28H,1-16H2. The number of allylic oxidation sites excluding steroid dienone is 2. The van der Waals surface area contributed by atoms with Gasteiger partial charge in [0.2, 0.25) is 0 Å². The Morgan fingerprint density at radius 3 is 2.25 bits per heavy atom. The molecule has 3 fully saturated rings. The van der Waals surface area contributed by atoms with Crippen molar-refractivity contribution in [3.05, 3.63) is 23.4 Å². The summed E-state index contributed by atoms with van der Waals surface area (Å²) in [5.74, 6) is 1.48. The van der Waals surface area contributed by atoms with Gasteiger partial charge in [-0.15, -0.1) is 0 Å². The molecule has 4 rings (SSSR count). The molecule has 0 spiro atoms. The van der Waals surface area contributed by atoms with E-state index in [9.17, 15) is 0 Å². The summed E-state index contributed by atoms with van der Waals surface area (Å²) < 4.78 is 0.900. The maximum Gasteiger partial charge on any atom is 0.0338 e. The highest BCUT2D eigenvalue weighted by Crippen LogP contribution is 2.37. The molecule has 0 aromatic carbocycles. The minimum atomic E-state index is 0.564. The molecule has 0 radical (unpaired) electrons. The van der Waals surface area contributed by atoms with Crippen LogP contribution in [0, 0.1) is 11.8 Å². The van der Waals surface area contributed by atoms with E-state index in [-0.39, 0.29) is 0 Å². The fourth-order valence-electron chi connectivity index (χ4n) is 5.95. The Kier molecular flexibility index (Phi) is 8.21. The molecule has 0 amide bonds. The third kappa shape index (κ3) is 5.77. The third-order valence-electron chi connectivity index (χ3n) is 7.70. The van der Waals surface area contributed by atoms with E-state index in [4.69, 9.17) is 0 Å². The summed E-state index contributed by atoms with van der Waals surface area (Å²) in [7, 11) is 0. The van der Waals surface area contributed by atoms with Crippen LogP contribution in [0.1, 0.15) is 96.3 Å². The fraction of sp³-hybridized carbons (Fsp3) is 0.840. The molecule has 1 aliphatic heterocycles. The van der Waals surface area contributed by atoms with Crippen molar-refractivity contribution in [3.8, 4) is 0 Å². The predicted molar refractivity (Wildman–Crippen MR) is 129 cm³/mol. The van der Waals surface area contributed by atoms with E-state index in [2.05, 4.69) is 45.4 Å². The number of rotatable bonds is 3. The lowest BCUT2D eigenvalue weighted by molar-refractivity contribution is 0.328. The first-order valence-corrected chi connectivity index (χ1v) is 13.6. The van der Waals surface area contributed by atoms with Crippen molar-refractivity contribution in [2.45, 2.75) is 112 Å². The highest BCUT2D eigenvalue weighted by Gasteiger charge is 2.31. The highest BCUT2D eigenvalue weighted by atomic mass is 127. The van der Waals surface area contributed by atoms with Crippen molar-refractivity contribution in [1.82, 2.24) is 10.6 Å². The Balaban J connectivity index is 1.52. The van der Waals surface area contributed by atoms with Crippen molar-refractivity contribution in [3.63, 3.8) is 0 Å². The Morgan fingerprint density at radius 2 is 1.46 bits per heavy atom. The molecule has 1 saturated heterocycles. The smallest absolute Gasteiger partial charge is 0.0338 e. The van der Waals surface area contributed by atoms with Gasteiger partial charge in [-0.3, -0.25) is 0 Å². The molecule has 3 heteroatoms. The van der Waals surface area contributed by atoms with Crippen LogP contribution in [0.4, 0.5) is 0 Å². The van der Waals surface area contributed by atoms with E-state index in [0.29, 0.717) is 18.0 Å². The van der Waals surface area contributed by atoms with Crippen molar-refractivity contribution in [2.75, 3.05) is 6.54 Å². The van der Waals surface area contributed by atoms with Crippen LogP contribution < -0.4 is 10.6 Å². The average Bonchev–Trinajstić information content (AvgIpc) is 2.64. The van der Waals surface area contributed by atoms with Gasteiger partial charge in [0.05, 0.1) is 0 Å². The van der Waals surface area contributed by atoms with Gasteiger partial charge in [0.25, 0.3) is 0 Å². The van der Waals surface area contributed by atoms with E-state index in [1.165, 1.54) is 103 Å². The molecule has 28 heavy (non-hydrogen) atoms. The van der Waals surface area contributed by atoms with Gasteiger partial charge in [-0.2, -0.15) is 0 Å². The lowest BCUT2D eigenvalue weighted by Gasteiger charge is -2.38. The number of hydrogen-bond acceptors (Lipinski definition) is 2. The fourth-order valence-corrected chi connectivity index (χ4v) is 6.67. The first kappa shape index (κ1) is 21.2. The second-order valence-electron chi connectivity index (χ2n) is 9.84. The molecule has 2 atom stereocenters. The predicted octanol–water partition coefficient (Wildman–Crippen LogP) is 6.66. The van der Waals surface area contributed by atoms with Gasteiger partial charge in [-0.05, 0) is 75.5 Å². The van der Waals surface area contributed by atoms with E-state index in [0.717, 1.165) is 9.84 Å². The van der Waals surface area contributed by atoms with Gasteiger partial charge in [-0.1, -0.05) is 73.6 Å². The number of nitrogens with one attached hydrogen (secondary N) is 2. The maximum absolute atomic E-state index is 4.10. The minimum absolute atomic E-state index is 0.564. The second-order valence-corrected chi connectivity index (χ2v) is 11.6. The molecule has 2 saturated carbocycles. The molecule has 2 N–H and O–H groups in total. The number of halogens is 1. The molecule has 2 unspecified atom stereocenters. The molecule has 3 aliphatic carbocycles. The first-order valence-electron chi connectivity index (χ1n) is 12.4. The lowest BCUT2D eigenvalue weighted by atomic mass is 9.77. The summed E-state index contributed by atoms with van der Waals surface area (Å²) in [6.45, 7) is 1.20. The second kappa shape index (κ2) is 10.8. The zero-order valence-electron chi connectivity index (χ0n) is 17.7. The zero-order chi connectivity index (χ0) is 19.2. The molecular formula is C25H41IN2. The van der Waals surface area contributed by atoms with Crippen LogP contribution in [0.5, 0.6) is 0 Å². The van der Waals surface area contributed by atoms with E-state index >= 15 is 0 Å². The summed E-state index contributed by atoms with van der Waals surface area (Å²) in [4.78, 5) is 0. The van der Waals surface area contributed by atoms with Gasteiger partial charge >= 0.3 is 0 Å². The number of hydrogen-bond donors (Lipinski definition) is 2. The van der Waals surface area contributed by atoms with Crippen LogP contribution in [0.25, 0.3) is 0 Å². The normalized spacial score (nSPS) is 36.0. The first-order chi connectivity index (χ1) is 13.8. The van der Waals surface area contributed by atoms with Crippen LogP contribution in [0.2, 0.25) is 0 Å². The number of alkyl halides is 1. The van der Waals surface area contributed by atoms with Gasteiger partial charge in [0, 0.05) is 27.6 Å². The van der Waals surface area contributed by atoms with Gasteiger partial charge < -0.3 is 10.6 Å². The summed E-state index contributed by atoms with van der Waals surface area (Å²) in [5, 5.41) is 8.04. The Bertz CT molecular complexity index is 539. The summed E-state index contributed by atoms with van der Waals surface area (Å²) >= 11 is 2.65. The molecule has 0 bridgehead atoms. The van der Waals surface area contributed by atoms with Crippen LogP contribution >= 0.6 is 22.6 Å². The highest BCUT2D eigenvalue weighted by molar-refractivity contribution is 14.1. The van der Waals surface area contributed by atoms with E-state index in [1.807, 2.05) is 0 Å². The van der Waals surface area contributed by atoms with Crippen molar-refractivity contribution in [1.29, 1.82) is 0 Å². The summed E-state index contributed by atoms with van der Waals surface area (Å²) in [6, 6.07) is 1.27. The van der Waals surface area contributed by atoms with E-state index < -0.39 is 0 Å². The zero-order valence-corrected chi connectivity index (χ0v) is 19.9. The molecule has 4 aliphatic rings. The minimum Gasteiger partial charge on any atom is -0.385 e. The van der Waals surface area contributed by atoms with Crippen LogP contribution in [-0.2, 0) is 0 Å². The van der Waals surface area contributed by atoms with Crippen LogP contribution in [-0.4, -0.2) is 22.6 Å². The van der Waals surface area contributed by atoms with Crippen LogP contribution in [0.3, 0.4) is 0 Å². The van der Waals surface area contributed by atoms with Crippen molar-refractivity contribution >= 4 is 22.6 Å². The molecule has 158 valence electrons. The van der Waals surface area contributed by atoms with E-state index in [1.54, 1.807) is 11.3 Å². The van der Waals surface area contributed by atoms with Crippen molar-refractivity contribution < 1.29 is 0 Å². The Morgan fingerprint density at radius 1 is 0.786 bits per heavy atom. The molecule has 1 heterocycles. The molecule has 0 aromatic heterocycles. The topological polar surface area (TPSA) is 24.1 Å².